The quantitative estimate of drug-likeness (QED) is 0.833. The second-order valence-electron chi connectivity index (χ2n) is 8.11. The lowest BCUT2D eigenvalue weighted by Crippen LogP contribution is -2.53. The second kappa shape index (κ2) is 10.0. The highest BCUT2D eigenvalue weighted by Gasteiger charge is 2.31. The molecule has 2 aromatic rings. The third kappa shape index (κ3) is 5.77. The Morgan fingerprint density at radius 3 is 2.61 bits per heavy atom. The van der Waals surface area contributed by atoms with Crippen LogP contribution >= 0.6 is 12.4 Å². The Hall–Kier alpha value is -1.95. The van der Waals surface area contributed by atoms with E-state index in [1.807, 2.05) is 35.4 Å². The van der Waals surface area contributed by atoms with Gasteiger partial charge in [0.25, 0.3) is 0 Å². The molecule has 0 radical (unpaired) electrons. The second-order valence-corrected chi connectivity index (χ2v) is 8.11. The van der Waals surface area contributed by atoms with Crippen LogP contribution in [0.3, 0.4) is 0 Å². The number of nitrogens with one attached hydrogen (secondary N) is 1. The summed E-state index contributed by atoms with van der Waals surface area (Å²) in [5.74, 6) is 0.169. The van der Waals surface area contributed by atoms with Crippen molar-refractivity contribution in [2.24, 2.45) is 0 Å². The van der Waals surface area contributed by atoms with Gasteiger partial charge in [-0.25, -0.2) is 0 Å². The van der Waals surface area contributed by atoms with E-state index in [-0.39, 0.29) is 29.9 Å². The summed E-state index contributed by atoms with van der Waals surface area (Å²) in [5, 5.41) is 3.44. The first-order valence-electron chi connectivity index (χ1n) is 9.64. The van der Waals surface area contributed by atoms with Crippen LogP contribution < -0.4 is 5.32 Å². The number of hydrogen-bond donors (Lipinski definition) is 1. The van der Waals surface area contributed by atoms with Crippen molar-refractivity contribution in [3.8, 4) is 0 Å². The molecular weight excluding hydrogens is 372 g/mol. The van der Waals surface area contributed by atoms with E-state index in [1.54, 1.807) is 6.20 Å². The van der Waals surface area contributed by atoms with Gasteiger partial charge >= 0.3 is 0 Å². The zero-order chi connectivity index (χ0) is 19.3. The summed E-state index contributed by atoms with van der Waals surface area (Å²) in [6.07, 6.45) is 3.69. The van der Waals surface area contributed by atoms with Crippen molar-refractivity contribution < 1.29 is 4.79 Å². The van der Waals surface area contributed by atoms with Crippen LogP contribution in [0.2, 0.25) is 0 Å². The zero-order valence-electron chi connectivity index (χ0n) is 17.0. The third-order valence-corrected chi connectivity index (χ3v) is 5.06. The number of carbonyl (C=O) groups excluding carboxylic acids is 1. The lowest BCUT2D eigenvalue weighted by Gasteiger charge is -2.40. The molecule has 1 fully saturated rings. The molecule has 5 nitrogen and oxygen atoms in total. The van der Waals surface area contributed by atoms with Gasteiger partial charge in [0.1, 0.15) is 0 Å². The first kappa shape index (κ1) is 22.3. The summed E-state index contributed by atoms with van der Waals surface area (Å²) in [7, 11) is 0. The number of benzene rings is 1. The SMILES string of the molecule is CC(C)(C)N(Cc1ccccc1)C(=O)CN1CCNCC1c1cccnc1.Cl. The molecule has 0 aliphatic carbocycles. The molecule has 1 unspecified atom stereocenters. The average Bonchev–Trinajstić information content (AvgIpc) is 2.67. The van der Waals surface area contributed by atoms with E-state index >= 15 is 0 Å². The highest BCUT2D eigenvalue weighted by molar-refractivity contribution is 5.85. The lowest BCUT2D eigenvalue weighted by molar-refractivity contribution is -0.138. The van der Waals surface area contributed by atoms with E-state index in [0.29, 0.717) is 13.1 Å². The maximum absolute atomic E-state index is 13.3. The van der Waals surface area contributed by atoms with Gasteiger partial charge in [0.05, 0.1) is 6.54 Å². The van der Waals surface area contributed by atoms with E-state index in [1.165, 1.54) is 0 Å². The maximum atomic E-state index is 13.3. The number of rotatable bonds is 5. The van der Waals surface area contributed by atoms with Crippen molar-refractivity contribution in [1.82, 2.24) is 20.1 Å². The molecule has 1 atom stereocenters. The first-order chi connectivity index (χ1) is 12.9. The Kier molecular flexibility index (Phi) is 7.98. The van der Waals surface area contributed by atoms with Crippen LogP contribution in [-0.2, 0) is 11.3 Å². The molecule has 6 heteroatoms. The Balaban J connectivity index is 0.00000280. The van der Waals surface area contributed by atoms with E-state index in [2.05, 4.69) is 54.2 Å². The smallest absolute Gasteiger partial charge is 0.237 e. The van der Waals surface area contributed by atoms with Crippen molar-refractivity contribution in [2.45, 2.75) is 38.9 Å². The molecule has 0 saturated carbocycles. The van der Waals surface area contributed by atoms with Gasteiger partial charge in [-0.1, -0.05) is 36.4 Å². The zero-order valence-corrected chi connectivity index (χ0v) is 17.8. The fourth-order valence-corrected chi connectivity index (χ4v) is 3.56. The predicted molar refractivity (Wildman–Crippen MR) is 115 cm³/mol. The molecule has 1 N–H and O–H groups in total. The number of aromatic nitrogens is 1. The van der Waals surface area contributed by atoms with Crippen molar-refractivity contribution >= 4 is 18.3 Å². The van der Waals surface area contributed by atoms with Crippen LogP contribution in [0.15, 0.2) is 54.9 Å². The monoisotopic (exact) mass is 402 g/mol. The summed E-state index contributed by atoms with van der Waals surface area (Å²) in [5.41, 5.74) is 2.08. The Morgan fingerprint density at radius 2 is 1.96 bits per heavy atom. The highest BCUT2D eigenvalue weighted by Crippen LogP contribution is 2.23. The van der Waals surface area contributed by atoms with Gasteiger partial charge in [0, 0.05) is 50.2 Å². The Bertz CT molecular complexity index is 733. The van der Waals surface area contributed by atoms with Gasteiger partial charge < -0.3 is 10.2 Å². The predicted octanol–water partition coefficient (Wildman–Crippen LogP) is 3.28. The number of piperazine rings is 1. The van der Waals surface area contributed by atoms with E-state index in [9.17, 15) is 4.79 Å². The standard InChI is InChI=1S/C22H30N4O.ClH/c1-22(2,3)26(16-18-8-5-4-6-9-18)21(27)17-25-13-12-24-15-20(25)19-10-7-11-23-14-19;/h4-11,14,20,24H,12-13,15-17H2,1-3H3;1H. The van der Waals surface area contributed by atoms with Gasteiger partial charge in [0.15, 0.2) is 0 Å². The summed E-state index contributed by atoms with van der Waals surface area (Å²) in [6, 6.07) is 14.4. The molecule has 2 heterocycles. The first-order valence-corrected chi connectivity index (χ1v) is 9.64. The van der Waals surface area contributed by atoms with E-state index < -0.39 is 0 Å². The molecule has 1 aliphatic rings. The van der Waals surface area contributed by atoms with Crippen molar-refractivity contribution in [1.29, 1.82) is 0 Å². The van der Waals surface area contributed by atoms with Crippen LogP contribution in [0.1, 0.15) is 37.9 Å². The van der Waals surface area contributed by atoms with Crippen LogP contribution in [0.4, 0.5) is 0 Å². The van der Waals surface area contributed by atoms with Gasteiger partial charge in [-0.2, -0.15) is 0 Å². The third-order valence-electron chi connectivity index (χ3n) is 5.06. The van der Waals surface area contributed by atoms with E-state index in [0.717, 1.165) is 30.8 Å². The number of amides is 1. The molecule has 1 aromatic carbocycles. The fraction of sp³-hybridized carbons (Fsp3) is 0.455. The van der Waals surface area contributed by atoms with Gasteiger partial charge in [-0.05, 0) is 38.0 Å². The summed E-state index contributed by atoms with van der Waals surface area (Å²) >= 11 is 0. The summed E-state index contributed by atoms with van der Waals surface area (Å²) < 4.78 is 0. The molecule has 28 heavy (non-hydrogen) atoms. The highest BCUT2D eigenvalue weighted by atomic mass is 35.5. The number of halogens is 1. The van der Waals surface area contributed by atoms with Crippen molar-refractivity contribution in [2.75, 3.05) is 26.2 Å². The Labute approximate surface area is 174 Å². The number of nitrogens with zero attached hydrogens (tertiary/aromatic N) is 3. The summed E-state index contributed by atoms with van der Waals surface area (Å²) in [6.45, 7) is 9.96. The fourth-order valence-electron chi connectivity index (χ4n) is 3.56. The molecule has 1 amide bonds. The number of carbonyl (C=O) groups is 1. The molecule has 1 saturated heterocycles. The minimum Gasteiger partial charge on any atom is -0.332 e. The van der Waals surface area contributed by atoms with Crippen LogP contribution in [0, 0.1) is 0 Å². The minimum atomic E-state index is -0.231. The maximum Gasteiger partial charge on any atom is 0.237 e. The number of pyridine rings is 1. The van der Waals surface area contributed by atoms with Gasteiger partial charge in [-0.15, -0.1) is 12.4 Å². The topological polar surface area (TPSA) is 48.5 Å². The van der Waals surface area contributed by atoms with Crippen LogP contribution in [0.25, 0.3) is 0 Å². The molecule has 0 bridgehead atoms. The van der Waals surface area contributed by atoms with Gasteiger partial charge in [0.2, 0.25) is 5.91 Å². The molecular formula is C22H31ClN4O. The molecule has 1 aromatic heterocycles. The van der Waals surface area contributed by atoms with Gasteiger partial charge in [-0.3, -0.25) is 14.7 Å². The molecule has 0 spiro atoms. The normalized spacial score (nSPS) is 17.6. The van der Waals surface area contributed by atoms with Crippen LogP contribution in [0.5, 0.6) is 0 Å². The van der Waals surface area contributed by atoms with E-state index in [4.69, 9.17) is 0 Å². The molecule has 152 valence electrons. The number of hydrogen-bond acceptors (Lipinski definition) is 4. The molecule has 3 rings (SSSR count). The largest absolute Gasteiger partial charge is 0.332 e. The van der Waals surface area contributed by atoms with Crippen molar-refractivity contribution in [3.63, 3.8) is 0 Å². The Morgan fingerprint density at radius 1 is 1.21 bits per heavy atom. The lowest BCUT2D eigenvalue weighted by atomic mass is 10.0. The average molecular weight is 403 g/mol. The summed E-state index contributed by atoms with van der Waals surface area (Å²) in [4.78, 5) is 21.8. The minimum absolute atomic E-state index is 0. The van der Waals surface area contributed by atoms with Crippen LogP contribution in [-0.4, -0.2) is 52.4 Å². The van der Waals surface area contributed by atoms with Crippen molar-refractivity contribution in [3.05, 3.63) is 66.0 Å². The molecule has 1 aliphatic heterocycles.